The van der Waals surface area contributed by atoms with Crippen LogP contribution >= 0.6 is 0 Å². The first-order valence-electron chi connectivity index (χ1n) is 26.8. The summed E-state index contributed by atoms with van der Waals surface area (Å²) in [5.74, 6) is -1.00. The molecule has 0 radical (unpaired) electrons. The van der Waals surface area contributed by atoms with Gasteiger partial charge in [0, 0.05) is 19.3 Å². The number of carbonyl (C=O) groups excluding carboxylic acids is 3. The molecule has 6 nitrogen and oxygen atoms in total. The minimum Gasteiger partial charge on any atom is -0.462 e. The van der Waals surface area contributed by atoms with Crippen LogP contribution in [0.15, 0.2) is 134 Å². The van der Waals surface area contributed by atoms with Gasteiger partial charge in [0.15, 0.2) is 6.10 Å². The molecule has 0 aliphatic heterocycles. The molecule has 0 saturated heterocycles. The highest BCUT2D eigenvalue weighted by Crippen LogP contribution is 2.15. The lowest BCUT2D eigenvalue weighted by molar-refractivity contribution is -0.167. The Morgan fingerprint density at radius 3 is 0.910 bits per heavy atom. The Kier molecular flexibility index (Phi) is 50.6. The summed E-state index contributed by atoms with van der Waals surface area (Å²) in [6.07, 6.45) is 75.8. The normalized spacial score (nSPS) is 13.2. The molecule has 67 heavy (non-hydrogen) atoms. The first-order chi connectivity index (χ1) is 33.0. The molecule has 0 amide bonds. The molecular weight excluding hydrogens is 829 g/mol. The van der Waals surface area contributed by atoms with Gasteiger partial charge in [-0.25, -0.2) is 0 Å². The van der Waals surface area contributed by atoms with Crippen molar-refractivity contribution in [1.82, 2.24) is 0 Å². The van der Waals surface area contributed by atoms with E-state index in [2.05, 4.69) is 45.1 Å². The maximum absolute atomic E-state index is 12.8. The Bertz CT molecular complexity index is 1480. The molecule has 376 valence electrons. The highest BCUT2D eigenvalue weighted by atomic mass is 16.6. The molecule has 1 atom stereocenters. The first kappa shape index (κ1) is 62.5. The monoisotopic (exact) mass is 925 g/mol. The summed E-state index contributed by atoms with van der Waals surface area (Å²) in [5.41, 5.74) is 0. The fraction of sp³-hybridized carbons (Fsp3) is 0.590. The number of esters is 3. The third kappa shape index (κ3) is 52.4. The van der Waals surface area contributed by atoms with E-state index in [0.717, 1.165) is 83.5 Å². The van der Waals surface area contributed by atoms with Gasteiger partial charge >= 0.3 is 17.9 Å². The SMILES string of the molecule is CC/C=C/C=C/C=C/C=C/C=C/C=C/C=C/CCCCCC(=O)OCC(COC(=O)CCCCC/C=C/C=C/C=C/C=C/CC)OC(=O)CCCCCCCCCCCCCCCCCCC. The molecule has 0 spiro atoms. The maximum atomic E-state index is 12.8. The molecule has 0 fully saturated rings. The van der Waals surface area contributed by atoms with Crippen molar-refractivity contribution in [2.45, 2.75) is 219 Å². The molecule has 1 unspecified atom stereocenters. The van der Waals surface area contributed by atoms with Crippen molar-refractivity contribution in [3.63, 3.8) is 0 Å². The van der Waals surface area contributed by atoms with E-state index in [-0.39, 0.29) is 31.1 Å². The minimum atomic E-state index is -0.816. The molecule has 0 heterocycles. The second kappa shape index (κ2) is 54.2. The molecule has 0 aromatic rings. The van der Waals surface area contributed by atoms with Crippen molar-refractivity contribution >= 4 is 17.9 Å². The number of rotatable bonds is 46. The Morgan fingerprint density at radius 2 is 0.582 bits per heavy atom. The summed E-state index contributed by atoms with van der Waals surface area (Å²) in [6, 6.07) is 0. The Labute approximate surface area is 411 Å². The van der Waals surface area contributed by atoms with Crippen molar-refractivity contribution in [3.05, 3.63) is 134 Å². The van der Waals surface area contributed by atoms with Gasteiger partial charge in [0.2, 0.25) is 0 Å². The van der Waals surface area contributed by atoms with Gasteiger partial charge in [-0.2, -0.15) is 0 Å². The van der Waals surface area contributed by atoms with Crippen molar-refractivity contribution in [1.29, 1.82) is 0 Å². The van der Waals surface area contributed by atoms with Crippen LogP contribution in [0.1, 0.15) is 213 Å². The van der Waals surface area contributed by atoms with Gasteiger partial charge in [-0.3, -0.25) is 14.4 Å². The number of hydrogen-bond donors (Lipinski definition) is 0. The van der Waals surface area contributed by atoms with Crippen LogP contribution in [-0.4, -0.2) is 37.2 Å². The van der Waals surface area contributed by atoms with Gasteiger partial charge in [0.05, 0.1) is 0 Å². The van der Waals surface area contributed by atoms with Crippen LogP contribution in [0.5, 0.6) is 0 Å². The van der Waals surface area contributed by atoms with E-state index in [9.17, 15) is 14.4 Å². The summed E-state index contributed by atoms with van der Waals surface area (Å²) in [5, 5.41) is 0. The van der Waals surface area contributed by atoms with Gasteiger partial charge in [-0.1, -0.05) is 270 Å². The average molecular weight is 925 g/mol. The van der Waals surface area contributed by atoms with Crippen molar-refractivity contribution in [2.24, 2.45) is 0 Å². The van der Waals surface area contributed by atoms with Crippen LogP contribution in [0, 0.1) is 0 Å². The van der Waals surface area contributed by atoms with Crippen LogP contribution in [0.3, 0.4) is 0 Å². The van der Waals surface area contributed by atoms with E-state index in [1.54, 1.807) is 0 Å². The summed E-state index contributed by atoms with van der Waals surface area (Å²) >= 11 is 0. The van der Waals surface area contributed by atoms with E-state index in [1.165, 1.54) is 89.9 Å². The van der Waals surface area contributed by atoms with Crippen LogP contribution in [0.25, 0.3) is 0 Å². The predicted octanol–water partition coefficient (Wildman–Crippen LogP) is 17.9. The Balaban J connectivity index is 4.54. The number of ether oxygens (including phenoxy) is 3. The summed E-state index contributed by atoms with van der Waals surface area (Å²) in [7, 11) is 0. The zero-order valence-corrected chi connectivity index (χ0v) is 42.9. The first-order valence-corrected chi connectivity index (χ1v) is 26.8. The summed E-state index contributed by atoms with van der Waals surface area (Å²) in [4.78, 5) is 38.0. The molecule has 0 aromatic carbocycles. The van der Waals surface area contributed by atoms with Gasteiger partial charge in [0.25, 0.3) is 0 Å². The summed E-state index contributed by atoms with van der Waals surface area (Å²) in [6.45, 7) is 6.27. The van der Waals surface area contributed by atoms with Crippen molar-refractivity contribution in [2.75, 3.05) is 13.2 Å². The van der Waals surface area contributed by atoms with Gasteiger partial charge in [-0.15, -0.1) is 0 Å². The lowest BCUT2D eigenvalue weighted by Gasteiger charge is -2.18. The highest BCUT2D eigenvalue weighted by molar-refractivity contribution is 5.71. The number of unbranched alkanes of at least 4 members (excludes halogenated alkanes) is 22. The van der Waals surface area contributed by atoms with Gasteiger partial charge in [0.1, 0.15) is 13.2 Å². The fourth-order valence-corrected chi connectivity index (χ4v) is 6.96. The third-order valence-electron chi connectivity index (χ3n) is 10.9. The Hall–Kier alpha value is -4.45. The highest BCUT2D eigenvalue weighted by Gasteiger charge is 2.19. The van der Waals surface area contributed by atoms with Crippen LogP contribution in [0.4, 0.5) is 0 Å². The van der Waals surface area contributed by atoms with E-state index in [4.69, 9.17) is 14.2 Å². The molecule has 0 rings (SSSR count). The maximum Gasteiger partial charge on any atom is 0.306 e. The summed E-state index contributed by atoms with van der Waals surface area (Å²) < 4.78 is 16.8. The molecular formula is C61H96O6. The lowest BCUT2D eigenvalue weighted by Crippen LogP contribution is -2.30. The van der Waals surface area contributed by atoms with E-state index in [1.807, 2.05) is 109 Å². The number of allylic oxidation sites excluding steroid dienone is 22. The zero-order valence-electron chi connectivity index (χ0n) is 42.9. The van der Waals surface area contributed by atoms with Crippen molar-refractivity contribution < 1.29 is 28.6 Å². The largest absolute Gasteiger partial charge is 0.462 e. The lowest BCUT2D eigenvalue weighted by atomic mass is 10.0. The number of hydrogen-bond acceptors (Lipinski definition) is 6. The van der Waals surface area contributed by atoms with E-state index < -0.39 is 6.10 Å². The van der Waals surface area contributed by atoms with Gasteiger partial charge < -0.3 is 14.2 Å². The average Bonchev–Trinajstić information content (AvgIpc) is 3.33. The van der Waals surface area contributed by atoms with Crippen LogP contribution in [-0.2, 0) is 28.6 Å². The Morgan fingerprint density at radius 1 is 0.313 bits per heavy atom. The van der Waals surface area contributed by atoms with E-state index in [0.29, 0.717) is 19.3 Å². The molecule has 0 aliphatic carbocycles. The predicted molar refractivity (Wildman–Crippen MR) is 288 cm³/mol. The molecule has 6 heteroatoms. The molecule has 0 aromatic heterocycles. The van der Waals surface area contributed by atoms with Gasteiger partial charge in [-0.05, 0) is 57.8 Å². The quantitative estimate of drug-likeness (QED) is 0.0262. The standard InChI is InChI=1S/C61H96O6/c1-4-7-10-13-16-19-22-25-27-29-30-32-33-36-39-42-45-48-51-54-60(63)66-57-58(56-65-59(62)53-50-47-44-41-38-35-24-21-18-15-12-9-6-3)67-61(64)55-52-49-46-43-40-37-34-31-28-26-23-20-17-14-11-8-5-2/h7,9-10,12-13,15-16,18-19,21-22,24-25,27,29-30,32-33,35-36,38-39,58H,4-6,8,11,14,17,20,23,26,28,31,34,37,40-57H2,1-3H3/b10-7+,12-9+,16-13+,18-15+,22-19+,24-21+,27-25+,30-29+,33-32+,38-35+,39-36+. The van der Waals surface area contributed by atoms with Crippen LogP contribution < -0.4 is 0 Å². The molecule has 0 saturated carbocycles. The third-order valence-corrected chi connectivity index (χ3v) is 10.9. The molecule has 0 N–H and O–H groups in total. The second-order valence-electron chi connectivity index (χ2n) is 17.3. The second-order valence-corrected chi connectivity index (χ2v) is 17.3. The smallest absolute Gasteiger partial charge is 0.306 e. The number of carbonyl (C=O) groups is 3. The fourth-order valence-electron chi connectivity index (χ4n) is 6.96. The van der Waals surface area contributed by atoms with E-state index >= 15 is 0 Å². The molecule has 0 aliphatic rings. The minimum absolute atomic E-state index is 0.117. The topological polar surface area (TPSA) is 78.9 Å². The molecule has 0 bridgehead atoms. The van der Waals surface area contributed by atoms with Crippen LogP contribution in [0.2, 0.25) is 0 Å². The van der Waals surface area contributed by atoms with Crippen molar-refractivity contribution in [3.8, 4) is 0 Å². The zero-order chi connectivity index (χ0) is 48.6.